The number of pyridine rings is 1. The van der Waals surface area contributed by atoms with Crippen molar-refractivity contribution in [2.45, 2.75) is 60.0 Å². The fourth-order valence-corrected chi connectivity index (χ4v) is 2.83. The first-order valence-electron chi connectivity index (χ1n) is 8.01. The van der Waals surface area contributed by atoms with Crippen molar-refractivity contribution in [2.75, 3.05) is 18.0 Å². The van der Waals surface area contributed by atoms with E-state index in [4.69, 9.17) is 0 Å². The number of aromatic nitrogens is 1. The molecule has 0 N–H and O–H groups in total. The van der Waals surface area contributed by atoms with Gasteiger partial charge in [-0.15, -0.1) is 0 Å². The molecule has 118 valence electrons. The van der Waals surface area contributed by atoms with Gasteiger partial charge in [0, 0.05) is 37.8 Å². The van der Waals surface area contributed by atoms with Crippen molar-refractivity contribution in [2.24, 2.45) is 0 Å². The van der Waals surface area contributed by atoms with Crippen LogP contribution in [-0.2, 0) is 4.79 Å². The summed E-state index contributed by atoms with van der Waals surface area (Å²) in [6.45, 7) is 13.9. The lowest BCUT2D eigenvalue weighted by Gasteiger charge is -2.45. The van der Waals surface area contributed by atoms with E-state index in [9.17, 15) is 4.79 Å². The number of anilines is 1. The highest BCUT2D eigenvalue weighted by molar-refractivity contribution is 5.77. The smallest absolute Gasteiger partial charge is 0.222 e. The molecular formula is C17H29N3O. The van der Waals surface area contributed by atoms with Gasteiger partial charge in [-0.3, -0.25) is 4.79 Å². The molecule has 21 heavy (non-hydrogen) atoms. The maximum atomic E-state index is 12.0. The van der Waals surface area contributed by atoms with Crippen LogP contribution in [0.1, 0.15) is 46.6 Å². The lowest BCUT2D eigenvalue weighted by atomic mass is 10.1. The zero-order valence-corrected chi connectivity index (χ0v) is 14.3. The van der Waals surface area contributed by atoms with Crippen LogP contribution >= 0.6 is 0 Å². The van der Waals surface area contributed by atoms with Crippen LogP contribution in [0.5, 0.6) is 0 Å². The maximum absolute atomic E-state index is 12.0. The average Bonchev–Trinajstić information content (AvgIpc) is 2.49. The zero-order valence-electron chi connectivity index (χ0n) is 14.3. The summed E-state index contributed by atoms with van der Waals surface area (Å²) in [5, 5.41) is 0. The second-order valence-corrected chi connectivity index (χ2v) is 5.45. The minimum atomic E-state index is 0.235. The third-order valence-corrected chi connectivity index (χ3v) is 3.73. The molecule has 1 amide bonds. The van der Waals surface area contributed by atoms with E-state index in [0.717, 1.165) is 18.9 Å². The van der Waals surface area contributed by atoms with Crippen molar-refractivity contribution in [1.29, 1.82) is 0 Å². The molecule has 1 saturated heterocycles. The minimum absolute atomic E-state index is 0.235. The van der Waals surface area contributed by atoms with Crippen molar-refractivity contribution < 1.29 is 4.79 Å². The molecule has 0 spiro atoms. The number of aryl methyl sites for hydroxylation is 1. The molecule has 1 aromatic rings. The Morgan fingerprint density at radius 1 is 1.24 bits per heavy atom. The monoisotopic (exact) mass is 291 g/mol. The summed E-state index contributed by atoms with van der Waals surface area (Å²) in [5.41, 5.74) is 1.17. The van der Waals surface area contributed by atoms with Gasteiger partial charge in [-0.1, -0.05) is 26.8 Å². The average molecular weight is 291 g/mol. The number of amides is 1. The van der Waals surface area contributed by atoms with Gasteiger partial charge in [0.25, 0.3) is 0 Å². The Labute approximate surface area is 129 Å². The summed E-state index contributed by atoms with van der Waals surface area (Å²) in [4.78, 5) is 20.7. The van der Waals surface area contributed by atoms with E-state index in [1.807, 2.05) is 38.8 Å². The predicted molar refractivity (Wildman–Crippen MR) is 88.6 cm³/mol. The molecule has 2 heterocycles. The molecule has 0 unspecified atom stereocenters. The largest absolute Gasteiger partial charge is 0.353 e. The summed E-state index contributed by atoms with van der Waals surface area (Å²) in [7, 11) is 0. The topological polar surface area (TPSA) is 36.4 Å². The molecule has 1 aliphatic heterocycles. The molecule has 2 rings (SSSR count). The highest BCUT2D eigenvalue weighted by Gasteiger charge is 2.32. The van der Waals surface area contributed by atoms with E-state index in [1.54, 1.807) is 0 Å². The lowest BCUT2D eigenvalue weighted by Crippen LogP contribution is -2.58. The number of piperazine rings is 1. The molecule has 0 bridgehead atoms. The van der Waals surface area contributed by atoms with Gasteiger partial charge in [0.1, 0.15) is 5.82 Å². The molecule has 1 fully saturated rings. The Morgan fingerprint density at radius 2 is 1.81 bits per heavy atom. The van der Waals surface area contributed by atoms with Crippen LogP contribution in [0, 0.1) is 6.92 Å². The van der Waals surface area contributed by atoms with Gasteiger partial charge in [-0.2, -0.15) is 0 Å². The van der Waals surface area contributed by atoms with Crippen molar-refractivity contribution in [3.63, 3.8) is 0 Å². The molecule has 4 nitrogen and oxygen atoms in total. The van der Waals surface area contributed by atoms with Crippen molar-refractivity contribution >= 4 is 11.7 Å². The second-order valence-electron chi connectivity index (χ2n) is 5.45. The summed E-state index contributed by atoms with van der Waals surface area (Å²) in [5.74, 6) is 1.25. The molecule has 2 atom stereocenters. The Kier molecular flexibility index (Phi) is 6.66. The van der Waals surface area contributed by atoms with Crippen molar-refractivity contribution in [1.82, 2.24) is 9.88 Å². The number of carbonyl (C=O) groups is 1. The van der Waals surface area contributed by atoms with E-state index in [1.165, 1.54) is 5.56 Å². The summed E-state index contributed by atoms with van der Waals surface area (Å²) in [6.07, 6.45) is 2.48. The molecular weight excluding hydrogens is 262 g/mol. The number of hydrogen-bond donors (Lipinski definition) is 0. The first-order chi connectivity index (χ1) is 10.0. The standard InChI is InChI=1S/C15H23N3O.C2H6/c1-5-15(19)18-12(3)9-17(10-13(18)4)14-7-6-11(2)8-16-14;1-2/h6-8,12-13H,5,9-10H2,1-4H3;1-2H3/t12-,13+;. The Balaban J connectivity index is 0.00000106. The number of nitrogens with zero attached hydrogens (tertiary/aromatic N) is 3. The lowest BCUT2D eigenvalue weighted by molar-refractivity contribution is -0.135. The van der Waals surface area contributed by atoms with Gasteiger partial charge in [0.2, 0.25) is 5.91 Å². The van der Waals surface area contributed by atoms with Crippen LogP contribution in [0.15, 0.2) is 18.3 Å². The van der Waals surface area contributed by atoms with E-state index in [-0.39, 0.29) is 18.0 Å². The summed E-state index contributed by atoms with van der Waals surface area (Å²) < 4.78 is 0. The second kappa shape index (κ2) is 8.01. The number of hydrogen-bond acceptors (Lipinski definition) is 3. The maximum Gasteiger partial charge on any atom is 0.222 e. The SMILES string of the molecule is CC.CCC(=O)N1[C@H](C)CN(c2ccc(C)cn2)C[C@@H]1C. The van der Waals surface area contributed by atoms with Crippen LogP contribution in [0.4, 0.5) is 5.82 Å². The van der Waals surface area contributed by atoms with Gasteiger partial charge in [0.05, 0.1) is 0 Å². The Morgan fingerprint density at radius 3 is 2.24 bits per heavy atom. The fraction of sp³-hybridized carbons (Fsp3) is 0.647. The predicted octanol–water partition coefficient (Wildman–Crippen LogP) is 3.25. The molecule has 0 aliphatic carbocycles. The first kappa shape index (κ1) is 17.5. The summed E-state index contributed by atoms with van der Waals surface area (Å²) in [6, 6.07) is 4.62. The zero-order chi connectivity index (χ0) is 16.0. The van der Waals surface area contributed by atoms with E-state index < -0.39 is 0 Å². The molecule has 0 radical (unpaired) electrons. The Bertz CT molecular complexity index is 432. The van der Waals surface area contributed by atoms with Crippen molar-refractivity contribution in [3.05, 3.63) is 23.9 Å². The molecule has 0 saturated carbocycles. The van der Waals surface area contributed by atoms with Crippen LogP contribution in [0.25, 0.3) is 0 Å². The van der Waals surface area contributed by atoms with Gasteiger partial charge >= 0.3 is 0 Å². The molecule has 4 heteroatoms. The van der Waals surface area contributed by atoms with Crippen LogP contribution in [0.2, 0.25) is 0 Å². The molecule has 1 aromatic heterocycles. The van der Waals surface area contributed by atoms with Crippen LogP contribution in [-0.4, -0.2) is 41.0 Å². The number of carbonyl (C=O) groups excluding carboxylic acids is 1. The van der Waals surface area contributed by atoms with Gasteiger partial charge in [-0.25, -0.2) is 4.98 Å². The van der Waals surface area contributed by atoms with E-state index in [2.05, 4.69) is 35.9 Å². The summed E-state index contributed by atoms with van der Waals surface area (Å²) >= 11 is 0. The third kappa shape index (κ3) is 4.19. The normalized spacial score (nSPS) is 21.6. The fourth-order valence-electron chi connectivity index (χ4n) is 2.83. The van der Waals surface area contributed by atoms with Gasteiger partial charge < -0.3 is 9.80 Å². The van der Waals surface area contributed by atoms with Gasteiger partial charge in [-0.05, 0) is 32.4 Å². The first-order valence-corrected chi connectivity index (χ1v) is 8.01. The minimum Gasteiger partial charge on any atom is -0.353 e. The van der Waals surface area contributed by atoms with E-state index in [0.29, 0.717) is 6.42 Å². The Hall–Kier alpha value is -1.58. The van der Waals surface area contributed by atoms with Crippen LogP contribution < -0.4 is 4.90 Å². The highest BCUT2D eigenvalue weighted by atomic mass is 16.2. The third-order valence-electron chi connectivity index (χ3n) is 3.73. The molecule has 1 aliphatic rings. The molecule has 0 aromatic carbocycles. The van der Waals surface area contributed by atoms with Gasteiger partial charge in [0.15, 0.2) is 0 Å². The van der Waals surface area contributed by atoms with Crippen molar-refractivity contribution in [3.8, 4) is 0 Å². The quantitative estimate of drug-likeness (QED) is 0.839. The van der Waals surface area contributed by atoms with E-state index >= 15 is 0 Å². The highest BCUT2D eigenvalue weighted by Crippen LogP contribution is 2.21. The number of rotatable bonds is 2. The van der Waals surface area contributed by atoms with Crippen LogP contribution in [0.3, 0.4) is 0 Å².